The van der Waals surface area contributed by atoms with Gasteiger partial charge >= 0.3 is 0 Å². The van der Waals surface area contributed by atoms with Gasteiger partial charge in [0.2, 0.25) is 11.8 Å². The van der Waals surface area contributed by atoms with E-state index >= 15 is 0 Å². The van der Waals surface area contributed by atoms with Gasteiger partial charge in [-0.2, -0.15) is 0 Å². The van der Waals surface area contributed by atoms with Gasteiger partial charge in [-0.05, 0) is 12.8 Å². The Hall–Kier alpha value is -0.900. The minimum atomic E-state index is -0.682. The smallest absolute Gasteiger partial charge is 0.233 e. The van der Waals surface area contributed by atoms with Gasteiger partial charge in [0.15, 0.2) is 0 Å². The van der Waals surface area contributed by atoms with Crippen molar-refractivity contribution in [3.05, 3.63) is 0 Å². The van der Waals surface area contributed by atoms with Gasteiger partial charge in [-0.15, -0.1) is 0 Å². The fourth-order valence-corrected chi connectivity index (χ4v) is 2.14. The topological polar surface area (TPSA) is 57.6 Å². The van der Waals surface area contributed by atoms with E-state index in [0.717, 1.165) is 0 Å². The number of carbonyl (C=O) groups is 2. The van der Waals surface area contributed by atoms with E-state index in [1.165, 1.54) is 4.90 Å². The summed E-state index contributed by atoms with van der Waals surface area (Å²) in [4.78, 5) is 24.8. The van der Waals surface area contributed by atoms with Gasteiger partial charge in [0.25, 0.3) is 0 Å². The van der Waals surface area contributed by atoms with Crippen LogP contribution in [0, 0.1) is 5.92 Å². The number of imide groups is 1. The van der Waals surface area contributed by atoms with Crippen LogP contribution in [-0.4, -0.2) is 34.0 Å². The van der Waals surface area contributed by atoms with Crippen LogP contribution < -0.4 is 0 Å². The van der Waals surface area contributed by atoms with E-state index in [1.807, 2.05) is 13.8 Å². The first-order chi connectivity index (χ1) is 7.02. The highest BCUT2D eigenvalue weighted by molar-refractivity contribution is 6.04. The van der Waals surface area contributed by atoms with Crippen molar-refractivity contribution in [1.29, 1.82) is 0 Å². The quantitative estimate of drug-likeness (QED) is 0.707. The molecule has 1 atom stereocenters. The third-order valence-electron chi connectivity index (χ3n) is 3.46. The summed E-state index contributed by atoms with van der Waals surface area (Å²) in [5.74, 6) is -0.524. The van der Waals surface area contributed by atoms with Gasteiger partial charge in [0, 0.05) is 12.3 Å². The number of hydrogen-bond donors (Lipinski definition) is 1. The first kappa shape index (κ1) is 12.2. The molecule has 1 aliphatic rings. The second-order valence-electron chi connectivity index (χ2n) is 4.26. The zero-order valence-electron chi connectivity index (χ0n) is 9.62. The van der Waals surface area contributed by atoms with Gasteiger partial charge in [-0.1, -0.05) is 20.8 Å². The molecule has 15 heavy (non-hydrogen) atoms. The number of rotatable bonds is 4. The fourth-order valence-electron chi connectivity index (χ4n) is 2.14. The van der Waals surface area contributed by atoms with E-state index in [1.54, 1.807) is 6.92 Å². The molecule has 4 nitrogen and oxygen atoms in total. The Kier molecular flexibility index (Phi) is 3.50. The number of nitrogens with zero attached hydrogens (tertiary/aromatic N) is 1. The molecule has 86 valence electrons. The molecule has 0 radical (unpaired) electrons. The summed E-state index contributed by atoms with van der Waals surface area (Å²) in [6.45, 7) is 5.39. The molecule has 1 saturated heterocycles. The highest BCUT2D eigenvalue weighted by Crippen LogP contribution is 2.31. The van der Waals surface area contributed by atoms with Crippen molar-refractivity contribution in [2.45, 2.75) is 45.6 Å². The summed E-state index contributed by atoms with van der Waals surface area (Å²) in [7, 11) is 0. The van der Waals surface area contributed by atoms with Crippen molar-refractivity contribution < 1.29 is 14.7 Å². The largest absolute Gasteiger partial charge is 0.394 e. The van der Waals surface area contributed by atoms with Crippen LogP contribution in [-0.2, 0) is 9.59 Å². The van der Waals surface area contributed by atoms with Crippen LogP contribution in [0.25, 0.3) is 0 Å². The third-order valence-corrected chi connectivity index (χ3v) is 3.46. The Morgan fingerprint density at radius 1 is 1.40 bits per heavy atom. The number of hydrogen-bond acceptors (Lipinski definition) is 3. The van der Waals surface area contributed by atoms with E-state index in [-0.39, 0.29) is 30.8 Å². The molecular weight excluding hydrogens is 194 g/mol. The van der Waals surface area contributed by atoms with E-state index in [0.29, 0.717) is 12.8 Å². The average Bonchev–Trinajstić information content (AvgIpc) is 2.48. The highest BCUT2D eigenvalue weighted by Gasteiger charge is 2.46. The summed E-state index contributed by atoms with van der Waals surface area (Å²) in [6.07, 6.45) is 1.48. The number of aliphatic hydroxyl groups excluding tert-OH is 1. The SMILES string of the molecule is CCC(CC)(CO)N1C(=O)CC(C)C1=O. The molecule has 0 saturated carbocycles. The predicted molar refractivity (Wildman–Crippen MR) is 56.0 cm³/mol. The van der Waals surface area contributed by atoms with Gasteiger partial charge in [-0.25, -0.2) is 0 Å². The molecule has 0 aromatic carbocycles. The van der Waals surface area contributed by atoms with E-state index in [9.17, 15) is 14.7 Å². The maximum absolute atomic E-state index is 11.8. The van der Waals surface area contributed by atoms with Gasteiger partial charge in [0.05, 0.1) is 12.1 Å². The zero-order valence-corrected chi connectivity index (χ0v) is 9.62. The average molecular weight is 213 g/mol. The molecule has 1 heterocycles. The van der Waals surface area contributed by atoms with Crippen molar-refractivity contribution in [1.82, 2.24) is 4.90 Å². The van der Waals surface area contributed by atoms with E-state index in [4.69, 9.17) is 0 Å². The van der Waals surface area contributed by atoms with Crippen molar-refractivity contribution in [2.75, 3.05) is 6.61 Å². The number of amides is 2. The normalized spacial score (nSPS) is 22.7. The van der Waals surface area contributed by atoms with Crippen LogP contribution in [0.4, 0.5) is 0 Å². The van der Waals surface area contributed by atoms with Crippen molar-refractivity contribution in [2.24, 2.45) is 5.92 Å². The molecule has 2 amide bonds. The fraction of sp³-hybridized carbons (Fsp3) is 0.818. The molecule has 1 aliphatic heterocycles. The maximum atomic E-state index is 11.8. The Balaban J connectivity index is 3.03. The predicted octanol–water partition coefficient (Wildman–Crippen LogP) is 0.932. The van der Waals surface area contributed by atoms with E-state index < -0.39 is 5.54 Å². The Bertz CT molecular complexity index is 263. The Morgan fingerprint density at radius 3 is 2.20 bits per heavy atom. The monoisotopic (exact) mass is 213 g/mol. The van der Waals surface area contributed by atoms with E-state index in [2.05, 4.69) is 0 Å². The molecule has 1 fully saturated rings. The van der Waals surface area contributed by atoms with Gasteiger partial charge in [-0.3, -0.25) is 14.5 Å². The van der Waals surface area contributed by atoms with Crippen LogP contribution >= 0.6 is 0 Å². The number of likely N-dealkylation sites (tertiary alicyclic amines) is 1. The lowest BCUT2D eigenvalue weighted by molar-refractivity contribution is -0.149. The summed E-state index contributed by atoms with van der Waals surface area (Å²) in [6, 6.07) is 0. The first-order valence-corrected chi connectivity index (χ1v) is 5.50. The lowest BCUT2D eigenvalue weighted by atomic mass is 9.91. The summed E-state index contributed by atoms with van der Waals surface area (Å²) in [5, 5.41) is 9.41. The lowest BCUT2D eigenvalue weighted by Crippen LogP contribution is -2.53. The molecule has 1 rings (SSSR count). The van der Waals surface area contributed by atoms with Gasteiger partial charge in [0.1, 0.15) is 0 Å². The van der Waals surface area contributed by atoms with Crippen LogP contribution in [0.3, 0.4) is 0 Å². The summed E-state index contributed by atoms with van der Waals surface area (Å²) in [5.41, 5.74) is -0.682. The maximum Gasteiger partial charge on any atom is 0.233 e. The minimum Gasteiger partial charge on any atom is -0.394 e. The number of aliphatic hydroxyl groups is 1. The molecule has 1 N–H and O–H groups in total. The second-order valence-corrected chi connectivity index (χ2v) is 4.26. The minimum absolute atomic E-state index is 0.141. The molecule has 1 unspecified atom stereocenters. The van der Waals surface area contributed by atoms with Crippen LogP contribution in [0.15, 0.2) is 0 Å². The van der Waals surface area contributed by atoms with Crippen LogP contribution in [0.1, 0.15) is 40.0 Å². The lowest BCUT2D eigenvalue weighted by Gasteiger charge is -2.37. The second kappa shape index (κ2) is 4.31. The molecule has 0 aromatic heterocycles. The number of carbonyl (C=O) groups excluding carboxylic acids is 2. The Morgan fingerprint density at radius 2 is 1.93 bits per heavy atom. The standard InChI is InChI=1S/C11H19NO3/c1-4-11(5-2,7-13)12-9(14)6-8(3)10(12)15/h8,13H,4-7H2,1-3H3. The van der Waals surface area contributed by atoms with Crippen molar-refractivity contribution in [3.63, 3.8) is 0 Å². The summed E-state index contributed by atoms with van der Waals surface area (Å²) >= 11 is 0. The van der Waals surface area contributed by atoms with Crippen molar-refractivity contribution in [3.8, 4) is 0 Å². The molecule has 0 spiro atoms. The van der Waals surface area contributed by atoms with Crippen LogP contribution in [0.5, 0.6) is 0 Å². The van der Waals surface area contributed by atoms with Gasteiger partial charge < -0.3 is 5.11 Å². The summed E-state index contributed by atoms with van der Waals surface area (Å²) < 4.78 is 0. The molecular formula is C11H19NO3. The molecule has 0 bridgehead atoms. The molecule has 0 aliphatic carbocycles. The third kappa shape index (κ3) is 1.78. The van der Waals surface area contributed by atoms with Crippen molar-refractivity contribution >= 4 is 11.8 Å². The first-order valence-electron chi connectivity index (χ1n) is 5.50. The van der Waals surface area contributed by atoms with Crippen LogP contribution in [0.2, 0.25) is 0 Å². The molecule has 0 aromatic rings. The molecule has 4 heteroatoms. The Labute approximate surface area is 90.3 Å². The zero-order chi connectivity index (χ0) is 11.6. The highest BCUT2D eigenvalue weighted by atomic mass is 16.3.